The molecule has 0 aliphatic heterocycles. The van der Waals surface area contributed by atoms with Crippen molar-refractivity contribution in [1.82, 2.24) is 10.6 Å². The Morgan fingerprint density at radius 2 is 1.88 bits per heavy atom. The minimum absolute atomic E-state index is 0.0174. The van der Waals surface area contributed by atoms with Crippen molar-refractivity contribution < 1.29 is 10.0 Å². The Labute approximate surface area is 96.3 Å². The van der Waals surface area contributed by atoms with E-state index in [-0.39, 0.29) is 17.3 Å². The summed E-state index contributed by atoms with van der Waals surface area (Å²) in [6, 6.07) is 0. The molecule has 0 fully saturated rings. The van der Waals surface area contributed by atoms with E-state index < -0.39 is 0 Å². The maximum absolute atomic E-state index is 11.4. The van der Waals surface area contributed by atoms with Gasteiger partial charge in [-0.05, 0) is 20.8 Å². The van der Waals surface area contributed by atoms with Crippen LogP contribution in [0.3, 0.4) is 0 Å². The van der Waals surface area contributed by atoms with Crippen LogP contribution in [0.4, 0.5) is 0 Å². The van der Waals surface area contributed by atoms with Gasteiger partial charge in [-0.25, -0.2) is 0 Å². The largest absolute Gasteiger partial charge is 0.409 e. The van der Waals surface area contributed by atoms with Gasteiger partial charge in [0.1, 0.15) is 5.84 Å². The van der Waals surface area contributed by atoms with Gasteiger partial charge in [0.25, 0.3) is 0 Å². The number of nitrogens with zero attached hydrogens (tertiary/aromatic N) is 1. The molecule has 0 aromatic heterocycles. The van der Waals surface area contributed by atoms with Crippen LogP contribution in [0.5, 0.6) is 0 Å². The fraction of sp³-hybridized carbons (Fsp3) is 0.800. The summed E-state index contributed by atoms with van der Waals surface area (Å²) >= 11 is 0. The predicted molar refractivity (Wildman–Crippen MR) is 63.4 cm³/mol. The standard InChI is InChI=1S/C10H22N4O2/c1-10(2,3)13-9(15)5-7-12-6-4-8(11)14-16/h12,16H,4-7H2,1-3H3,(H2,11,14)(H,13,15). The highest BCUT2D eigenvalue weighted by atomic mass is 16.4. The van der Waals surface area contributed by atoms with E-state index in [9.17, 15) is 4.79 Å². The Balaban J connectivity index is 3.49. The zero-order chi connectivity index (χ0) is 12.6. The van der Waals surface area contributed by atoms with Gasteiger partial charge in [-0.15, -0.1) is 0 Å². The van der Waals surface area contributed by atoms with Crippen LogP contribution in [-0.2, 0) is 4.79 Å². The third-order valence-corrected chi connectivity index (χ3v) is 1.73. The number of nitrogens with two attached hydrogens (primary N) is 1. The molecule has 1 amide bonds. The molecule has 0 rings (SSSR count). The van der Waals surface area contributed by atoms with Gasteiger partial charge in [-0.3, -0.25) is 4.79 Å². The van der Waals surface area contributed by atoms with Crippen LogP contribution in [0, 0.1) is 0 Å². The van der Waals surface area contributed by atoms with E-state index in [2.05, 4.69) is 15.8 Å². The molecule has 0 aromatic rings. The van der Waals surface area contributed by atoms with Gasteiger partial charge < -0.3 is 21.6 Å². The molecule has 6 nitrogen and oxygen atoms in total. The van der Waals surface area contributed by atoms with Crippen molar-refractivity contribution in [3.05, 3.63) is 0 Å². The monoisotopic (exact) mass is 230 g/mol. The number of hydrogen-bond donors (Lipinski definition) is 4. The Morgan fingerprint density at radius 1 is 1.31 bits per heavy atom. The lowest BCUT2D eigenvalue weighted by Crippen LogP contribution is -2.41. The number of hydrogen-bond acceptors (Lipinski definition) is 4. The molecule has 0 saturated heterocycles. The SMILES string of the molecule is CC(C)(C)NC(=O)CCNCCC(N)=NO. The van der Waals surface area contributed by atoms with E-state index >= 15 is 0 Å². The molecule has 94 valence electrons. The Kier molecular flexibility index (Phi) is 6.48. The fourth-order valence-electron chi connectivity index (χ4n) is 1.07. The first-order valence-corrected chi connectivity index (χ1v) is 5.33. The van der Waals surface area contributed by atoms with Crippen molar-refractivity contribution in [2.45, 2.75) is 39.2 Å². The van der Waals surface area contributed by atoms with E-state index in [0.717, 1.165) is 0 Å². The third-order valence-electron chi connectivity index (χ3n) is 1.73. The third kappa shape index (κ3) is 9.26. The molecule has 0 bridgehead atoms. The molecule has 0 atom stereocenters. The second-order valence-electron chi connectivity index (χ2n) is 4.64. The summed E-state index contributed by atoms with van der Waals surface area (Å²) < 4.78 is 0. The predicted octanol–water partition coefficient (Wildman–Crippen LogP) is 0.0173. The molecule has 0 heterocycles. The lowest BCUT2D eigenvalue weighted by molar-refractivity contribution is -0.122. The first-order chi connectivity index (χ1) is 7.35. The van der Waals surface area contributed by atoms with Crippen LogP contribution in [0.25, 0.3) is 0 Å². The molecule has 0 aliphatic carbocycles. The van der Waals surface area contributed by atoms with Crippen LogP contribution in [0.1, 0.15) is 33.6 Å². The normalized spacial score (nSPS) is 12.6. The zero-order valence-electron chi connectivity index (χ0n) is 10.2. The molecule has 0 spiro atoms. The highest BCUT2D eigenvalue weighted by molar-refractivity contribution is 5.79. The zero-order valence-corrected chi connectivity index (χ0v) is 10.2. The van der Waals surface area contributed by atoms with Crippen LogP contribution < -0.4 is 16.4 Å². The van der Waals surface area contributed by atoms with Crippen LogP contribution in [-0.4, -0.2) is 35.6 Å². The number of rotatable bonds is 6. The van der Waals surface area contributed by atoms with Gasteiger partial charge in [0.15, 0.2) is 0 Å². The van der Waals surface area contributed by atoms with E-state index in [1.807, 2.05) is 20.8 Å². The number of carbonyl (C=O) groups is 1. The minimum Gasteiger partial charge on any atom is -0.409 e. The molecule has 0 aromatic carbocycles. The second-order valence-corrected chi connectivity index (χ2v) is 4.64. The van der Waals surface area contributed by atoms with Gasteiger partial charge in [0, 0.05) is 31.5 Å². The van der Waals surface area contributed by atoms with E-state index in [0.29, 0.717) is 25.9 Å². The van der Waals surface area contributed by atoms with Gasteiger partial charge >= 0.3 is 0 Å². The Hall–Kier alpha value is -1.30. The molecular weight excluding hydrogens is 208 g/mol. The quantitative estimate of drug-likeness (QED) is 0.170. The average Bonchev–Trinajstić information content (AvgIpc) is 2.14. The van der Waals surface area contributed by atoms with Gasteiger partial charge in [-0.2, -0.15) is 0 Å². The van der Waals surface area contributed by atoms with Crippen LogP contribution in [0.2, 0.25) is 0 Å². The summed E-state index contributed by atoms with van der Waals surface area (Å²) in [5.41, 5.74) is 5.09. The lowest BCUT2D eigenvalue weighted by atomic mass is 10.1. The van der Waals surface area contributed by atoms with E-state index in [4.69, 9.17) is 10.9 Å². The summed E-state index contributed by atoms with van der Waals surface area (Å²) in [6.07, 6.45) is 0.894. The smallest absolute Gasteiger partial charge is 0.221 e. The number of carbonyl (C=O) groups excluding carboxylic acids is 1. The summed E-state index contributed by atoms with van der Waals surface area (Å²) in [4.78, 5) is 11.4. The summed E-state index contributed by atoms with van der Waals surface area (Å²) in [5, 5.41) is 17.0. The highest BCUT2D eigenvalue weighted by Crippen LogP contribution is 1.98. The number of amidine groups is 1. The van der Waals surface area contributed by atoms with Crippen molar-refractivity contribution >= 4 is 11.7 Å². The van der Waals surface area contributed by atoms with Crippen molar-refractivity contribution in [2.75, 3.05) is 13.1 Å². The molecule has 16 heavy (non-hydrogen) atoms. The number of nitrogens with one attached hydrogen (secondary N) is 2. The first-order valence-electron chi connectivity index (χ1n) is 5.33. The molecule has 0 radical (unpaired) electrons. The van der Waals surface area contributed by atoms with Gasteiger partial charge in [0.2, 0.25) is 5.91 Å². The number of oxime groups is 1. The average molecular weight is 230 g/mol. The van der Waals surface area contributed by atoms with Crippen molar-refractivity contribution in [3.63, 3.8) is 0 Å². The van der Waals surface area contributed by atoms with Gasteiger partial charge in [0.05, 0.1) is 0 Å². The molecule has 0 aliphatic rings. The van der Waals surface area contributed by atoms with E-state index in [1.54, 1.807) is 0 Å². The topological polar surface area (TPSA) is 99.7 Å². The summed E-state index contributed by atoms with van der Waals surface area (Å²) in [5.74, 6) is 0.204. The van der Waals surface area contributed by atoms with Crippen molar-refractivity contribution in [2.24, 2.45) is 10.9 Å². The Morgan fingerprint density at radius 3 is 2.38 bits per heavy atom. The summed E-state index contributed by atoms with van der Waals surface area (Å²) in [7, 11) is 0. The molecule has 6 heteroatoms. The Bertz CT molecular complexity index is 246. The van der Waals surface area contributed by atoms with Crippen molar-refractivity contribution in [3.8, 4) is 0 Å². The maximum Gasteiger partial charge on any atom is 0.221 e. The number of amides is 1. The van der Waals surface area contributed by atoms with Crippen LogP contribution in [0.15, 0.2) is 5.16 Å². The highest BCUT2D eigenvalue weighted by Gasteiger charge is 2.12. The van der Waals surface area contributed by atoms with Crippen molar-refractivity contribution in [1.29, 1.82) is 0 Å². The minimum atomic E-state index is -0.189. The fourth-order valence-corrected chi connectivity index (χ4v) is 1.07. The second kappa shape index (κ2) is 7.05. The maximum atomic E-state index is 11.4. The first kappa shape index (κ1) is 14.7. The molecule has 5 N–H and O–H groups in total. The lowest BCUT2D eigenvalue weighted by Gasteiger charge is -2.20. The van der Waals surface area contributed by atoms with Gasteiger partial charge in [-0.1, -0.05) is 5.16 Å². The van der Waals surface area contributed by atoms with Crippen LogP contribution >= 0.6 is 0 Å². The molecule has 0 unspecified atom stereocenters. The molecule has 0 saturated carbocycles. The summed E-state index contributed by atoms with van der Waals surface area (Å²) in [6.45, 7) is 7.00. The molecular formula is C10H22N4O2. The van der Waals surface area contributed by atoms with E-state index in [1.165, 1.54) is 0 Å².